The van der Waals surface area contributed by atoms with Gasteiger partial charge in [-0.05, 0) is 63.4 Å². The van der Waals surface area contributed by atoms with Gasteiger partial charge in [0.2, 0.25) is 0 Å². The van der Waals surface area contributed by atoms with Crippen LogP contribution >= 0.6 is 0 Å². The highest BCUT2D eigenvalue weighted by atomic mass is 19.4. The van der Waals surface area contributed by atoms with E-state index in [4.69, 9.17) is 5.26 Å². The number of nitriles is 1. The van der Waals surface area contributed by atoms with E-state index in [1.165, 1.54) is 0 Å². The van der Waals surface area contributed by atoms with Crippen LogP contribution in [0.25, 0.3) is 5.69 Å². The number of aromatic nitrogens is 1. The molecule has 2 bridgehead atoms. The molecule has 3 heterocycles. The van der Waals surface area contributed by atoms with E-state index in [2.05, 4.69) is 6.07 Å². The van der Waals surface area contributed by atoms with Crippen molar-refractivity contribution in [3.8, 4) is 11.8 Å². The summed E-state index contributed by atoms with van der Waals surface area (Å²) >= 11 is 0. The highest BCUT2D eigenvalue weighted by Gasteiger charge is 2.56. The first-order chi connectivity index (χ1) is 13.7. The summed E-state index contributed by atoms with van der Waals surface area (Å²) in [5.41, 5.74) is 3.57. The van der Waals surface area contributed by atoms with Crippen molar-refractivity contribution in [1.82, 2.24) is 9.47 Å². The fraction of sp³-hybridized carbons (Fsp3) is 0.455. The number of hydrogen-bond acceptors (Lipinski definition) is 3. The SMILES string of the molecule is Cc1cc(C(=O)CN2[C@H]3CC[C@@H]2[C@H](C(F)(F)F)C3)c(C)n1-c1ccc(C#N)cc1. The fourth-order valence-electron chi connectivity index (χ4n) is 5.08. The van der Waals surface area contributed by atoms with Crippen molar-refractivity contribution in [1.29, 1.82) is 5.26 Å². The van der Waals surface area contributed by atoms with Gasteiger partial charge in [-0.3, -0.25) is 9.69 Å². The number of rotatable bonds is 4. The average molecular weight is 401 g/mol. The second-order valence-corrected chi connectivity index (χ2v) is 8.06. The Bertz CT molecular complexity index is 984. The number of hydrogen-bond donors (Lipinski definition) is 0. The average Bonchev–Trinajstić information content (AvgIpc) is 3.32. The Hall–Kier alpha value is -2.59. The van der Waals surface area contributed by atoms with E-state index in [9.17, 15) is 18.0 Å². The van der Waals surface area contributed by atoms with E-state index in [1.807, 2.05) is 30.5 Å². The van der Waals surface area contributed by atoms with Crippen molar-refractivity contribution < 1.29 is 18.0 Å². The lowest BCUT2D eigenvalue weighted by Gasteiger charge is -2.25. The molecule has 7 heteroatoms. The summed E-state index contributed by atoms with van der Waals surface area (Å²) in [6.07, 6.45) is -2.86. The molecule has 1 aromatic heterocycles. The molecule has 4 rings (SSSR count). The lowest BCUT2D eigenvalue weighted by atomic mass is 9.89. The summed E-state index contributed by atoms with van der Waals surface area (Å²) in [6.45, 7) is 3.76. The molecular formula is C22H22F3N3O. The number of alkyl halides is 3. The van der Waals surface area contributed by atoms with Gasteiger partial charge in [0, 0.05) is 34.7 Å². The number of carbonyl (C=O) groups is 1. The number of benzene rings is 1. The van der Waals surface area contributed by atoms with Crippen LogP contribution in [-0.4, -0.2) is 40.1 Å². The molecule has 29 heavy (non-hydrogen) atoms. The maximum atomic E-state index is 13.3. The summed E-state index contributed by atoms with van der Waals surface area (Å²) in [5.74, 6) is -1.46. The van der Waals surface area contributed by atoms with Crippen LogP contribution in [-0.2, 0) is 0 Å². The zero-order valence-corrected chi connectivity index (χ0v) is 16.3. The van der Waals surface area contributed by atoms with Crippen molar-refractivity contribution in [2.45, 2.75) is 51.4 Å². The first-order valence-electron chi connectivity index (χ1n) is 9.76. The zero-order valence-electron chi connectivity index (χ0n) is 16.3. The Morgan fingerprint density at radius 1 is 1.21 bits per heavy atom. The van der Waals surface area contributed by atoms with E-state index < -0.39 is 18.1 Å². The molecule has 0 unspecified atom stereocenters. The van der Waals surface area contributed by atoms with Gasteiger partial charge in [-0.15, -0.1) is 0 Å². The molecule has 0 N–H and O–H groups in total. The van der Waals surface area contributed by atoms with Gasteiger partial charge in [-0.1, -0.05) is 0 Å². The van der Waals surface area contributed by atoms with Crippen molar-refractivity contribution in [2.24, 2.45) is 5.92 Å². The van der Waals surface area contributed by atoms with Gasteiger partial charge in [-0.25, -0.2) is 0 Å². The molecule has 0 radical (unpaired) electrons. The molecule has 152 valence electrons. The minimum Gasteiger partial charge on any atom is -0.318 e. The Morgan fingerprint density at radius 2 is 1.90 bits per heavy atom. The lowest BCUT2D eigenvalue weighted by Crippen LogP contribution is -2.38. The number of fused-ring (bicyclic) bond motifs is 2. The van der Waals surface area contributed by atoms with E-state index in [-0.39, 0.29) is 24.8 Å². The topological polar surface area (TPSA) is 49.0 Å². The first kappa shape index (κ1) is 19.7. The maximum absolute atomic E-state index is 13.3. The van der Waals surface area contributed by atoms with Crippen molar-refractivity contribution in [3.05, 3.63) is 52.8 Å². The number of ketones is 1. The molecule has 0 amide bonds. The molecule has 2 fully saturated rings. The molecule has 0 aliphatic carbocycles. The molecule has 0 saturated carbocycles. The first-order valence-corrected chi connectivity index (χ1v) is 9.76. The number of carbonyl (C=O) groups excluding carboxylic acids is 1. The number of Topliss-reactive ketones (excluding diaryl/α,β-unsaturated/α-hetero) is 1. The quantitative estimate of drug-likeness (QED) is 0.706. The number of nitrogens with zero attached hydrogens (tertiary/aromatic N) is 3. The van der Waals surface area contributed by atoms with Crippen molar-refractivity contribution in [3.63, 3.8) is 0 Å². The summed E-state index contributed by atoms with van der Waals surface area (Å²) in [7, 11) is 0. The van der Waals surface area contributed by atoms with Gasteiger partial charge in [-0.2, -0.15) is 18.4 Å². The van der Waals surface area contributed by atoms with Crippen LogP contribution in [0.3, 0.4) is 0 Å². The maximum Gasteiger partial charge on any atom is 0.393 e. The molecule has 2 aromatic rings. The Kier molecular flexibility index (Phi) is 4.78. The van der Waals surface area contributed by atoms with Crippen LogP contribution in [0.1, 0.15) is 46.6 Å². The molecule has 2 aliphatic heterocycles. The van der Waals surface area contributed by atoms with Gasteiger partial charge in [0.25, 0.3) is 0 Å². The van der Waals surface area contributed by atoms with Crippen molar-refractivity contribution in [2.75, 3.05) is 6.54 Å². The minimum atomic E-state index is -4.20. The predicted octanol–water partition coefficient (Wildman–Crippen LogP) is 4.56. The molecule has 0 spiro atoms. The van der Waals surface area contributed by atoms with Gasteiger partial charge < -0.3 is 4.57 Å². The van der Waals surface area contributed by atoms with Gasteiger partial charge in [0.05, 0.1) is 24.1 Å². The van der Waals surface area contributed by atoms with Gasteiger partial charge in [0.1, 0.15) is 0 Å². The van der Waals surface area contributed by atoms with Crippen LogP contribution < -0.4 is 0 Å². The van der Waals surface area contributed by atoms with Crippen LogP contribution in [0, 0.1) is 31.1 Å². The van der Waals surface area contributed by atoms with E-state index in [0.717, 1.165) is 23.5 Å². The third-order valence-electron chi connectivity index (χ3n) is 6.41. The van der Waals surface area contributed by atoms with E-state index in [0.29, 0.717) is 17.5 Å². The normalized spacial score (nSPS) is 24.1. The molecule has 4 nitrogen and oxygen atoms in total. The summed E-state index contributed by atoms with van der Waals surface area (Å²) in [4.78, 5) is 14.8. The summed E-state index contributed by atoms with van der Waals surface area (Å²) in [6, 6.07) is 10.2. The standard InChI is InChI=1S/C22H22F3N3O/c1-13-9-18(14(2)28(13)16-5-3-15(11-26)4-6-16)21(29)12-27-17-7-8-20(27)19(10-17)22(23,24)25/h3-6,9,17,19-20H,7-8,10,12H2,1-2H3/t17-,19+,20+/m0/s1. The smallest absolute Gasteiger partial charge is 0.318 e. The predicted molar refractivity (Wildman–Crippen MR) is 102 cm³/mol. The monoisotopic (exact) mass is 401 g/mol. The molecule has 3 atom stereocenters. The van der Waals surface area contributed by atoms with Crippen LogP contribution in [0.15, 0.2) is 30.3 Å². The second kappa shape index (κ2) is 7.03. The van der Waals surface area contributed by atoms with E-state index in [1.54, 1.807) is 23.1 Å². The lowest BCUT2D eigenvalue weighted by molar-refractivity contribution is -0.181. The molecular weight excluding hydrogens is 379 g/mol. The van der Waals surface area contributed by atoms with Gasteiger partial charge in [0.15, 0.2) is 5.78 Å². The Balaban J connectivity index is 1.57. The van der Waals surface area contributed by atoms with Crippen LogP contribution in [0.4, 0.5) is 13.2 Å². The third-order valence-corrected chi connectivity index (χ3v) is 6.41. The molecule has 2 saturated heterocycles. The highest BCUT2D eigenvalue weighted by molar-refractivity contribution is 5.99. The Morgan fingerprint density at radius 3 is 2.48 bits per heavy atom. The molecule has 2 aliphatic rings. The summed E-state index contributed by atoms with van der Waals surface area (Å²) < 4.78 is 41.8. The number of aryl methyl sites for hydroxylation is 1. The summed E-state index contributed by atoms with van der Waals surface area (Å²) in [5, 5.41) is 8.96. The zero-order chi connectivity index (χ0) is 20.9. The second-order valence-electron chi connectivity index (χ2n) is 8.06. The van der Waals surface area contributed by atoms with Gasteiger partial charge >= 0.3 is 6.18 Å². The minimum absolute atomic E-state index is 0.0274. The van der Waals surface area contributed by atoms with Crippen molar-refractivity contribution >= 4 is 5.78 Å². The van der Waals surface area contributed by atoms with Crippen LogP contribution in [0.5, 0.6) is 0 Å². The highest BCUT2D eigenvalue weighted by Crippen LogP contribution is 2.48. The third kappa shape index (κ3) is 3.36. The van der Waals surface area contributed by atoms with Crippen LogP contribution in [0.2, 0.25) is 0 Å². The largest absolute Gasteiger partial charge is 0.393 e. The van der Waals surface area contributed by atoms with E-state index >= 15 is 0 Å². The molecule has 1 aromatic carbocycles. The Labute approximate surface area is 167 Å². The number of halogens is 3. The fourth-order valence-corrected chi connectivity index (χ4v) is 5.08.